The molecule has 78 valence electrons. The third-order valence-electron chi connectivity index (χ3n) is 0.910. The van der Waals surface area contributed by atoms with Gasteiger partial charge in [-0.25, -0.2) is 0 Å². The molecule has 0 spiro atoms. The molecule has 0 aliphatic heterocycles. The molecule has 1 aliphatic carbocycles. The predicted molar refractivity (Wildman–Crippen MR) is 39.9 cm³/mol. The Labute approximate surface area is 102 Å². The summed E-state index contributed by atoms with van der Waals surface area (Å²) in [6.45, 7) is 13.5. The molecule has 0 bridgehead atoms. The first-order valence-corrected chi connectivity index (χ1v) is 2.87. The van der Waals surface area contributed by atoms with E-state index in [1.54, 1.807) is 25.7 Å². The Morgan fingerprint density at radius 2 is 1.27 bits per heavy atom. The first-order chi connectivity index (χ1) is 6.80. The van der Waals surface area contributed by atoms with E-state index in [2.05, 4.69) is 20.0 Å². The van der Waals surface area contributed by atoms with Gasteiger partial charge < -0.3 is 5.11 Å². The zero-order valence-corrected chi connectivity index (χ0v) is 9.98. The predicted octanol–water partition coefficient (Wildman–Crippen LogP) is 0.361. The van der Waals surface area contributed by atoms with E-state index in [1.165, 1.54) is 0 Å². The fourth-order valence-electron chi connectivity index (χ4n) is 0.517. The second-order valence-corrected chi connectivity index (χ2v) is 1.48. The minimum absolute atomic E-state index is 0. The van der Waals surface area contributed by atoms with Gasteiger partial charge in [0.2, 0.25) is 0 Å². The molecule has 6 radical (unpaired) electrons. The largest absolute Gasteiger partial charge is 0 e. The summed E-state index contributed by atoms with van der Waals surface area (Å²) in [5.41, 5.74) is 0. The SMILES string of the molecule is O=C(O)[C]1[CH][CH][CH][CH]1.[C-]#[O+].[C-]#[O+].[C-]#[O+].[Re]. The van der Waals surface area contributed by atoms with E-state index in [0.717, 1.165) is 0 Å². The summed E-state index contributed by atoms with van der Waals surface area (Å²) >= 11 is 0. The standard InChI is InChI=1S/C6H5O2.3CO.Re/c7-6(8)5-3-1-2-4-5;3*1-2;/h1-4H,(H,7,8);;;;. The second kappa shape index (κ2) is 23.3. The van der Waals surface area contributed by atoms with Crippen LogP contribution in [0.1, 0.15) is 0 Å². The molecule has 1 saturated carbocycles. The van der Waals surface area contributed by atoms with Crippen molar-refractivity contribution in [3.05, 3.63) is 51.6 Å². The van der Waals surface area contributed by atoms with Crippen LogP contribution in [-0.4, -0.2) is 11.1 Å². The topological polar surface area (TPSA) is 97.0 Å². The molecule has 6 heteroatoms. The smallest absolute Gasteiger partial charge is 0 e. The third-order valence-corrected chi connectivity index (χ3v) is 0.910. The van der Waals surface area contributed by atoms with Crippen molar-refractivity contribution < 1.29 is 44.3 Å². The van der Waals surface area contributed by atoms with Crippen LogP contribution in [0.15, 0.2) is 0 Å². The van der Waals surface area contributed by atoms with Crippen molar-refractivity contribution in [1.82, 2.24) is 0 Å². The van der Waals surface area contributed by atoms with Crippen molar-refractivity contribution in [3.63, 3.8) is 0 Å². The maximum absolute atomic E-state index is 10.1. The Hall–Kier alpha value is -0.648. The van der Waals surface area contributed by atoms with E-state index in [0.29, 0.717) is 5.92 Å². The van der Waals surface area contributed by atoms with Crippen LogP contribution in [0.25, 0.3) is 0 Å². The van der Waals surface area contributed by atoms with Crippen LogP contribution in [0.2, 0.25) is 0 Å². The average molecular weight is 379 g/mol. The molecular weight excluding hydrogens is 374 g/mol. The monoisotopic (exact) mass is 380 g/mol. The molecule has 0 aromatic heterocycles. The fraction of sp³-hybridized carbons (Fsp3) is 0. The van der Waals surface area contributed by atoms with Crippen molar-refractivity contribution in [2.75, 3.05) is 0 Å². The number of carboxylic acids is 1. The Morgan fingerprint density at radius 3 is 1.40 bits per heavy atom. The first-order valence-electron chi connectivity index (χ1n) is 2.87. The number of carbonyl (C=O) groups is 1. The van der Waals surface area contributed by atoms with Crippen LogP contribution in [0, 0.1) is 51.6 Å². The van der Waals surface area contributed by atoms with E-state index < -0.39 is 5.97 Å². The normalized spacial score (nSPS) is 11.9. The van der Waals surface area contributed by atoms with Crippen molar-refractivity contribution in [2.24, 2.45) is 0 Å². The summed E-state index contributed by atoms with van der Waals surface area (Å²) in [7, 11) is 0. The van der Waals surface area contributed by atoms with Crippen LogP contribution in [0.4, 0.5) is 0 Å². The minimum Gasteiger partial charge on any atom is 0 e. The average Bonchev–Trinajstić information content (AvgIpc) is 2.80. The molecule has 0 aromatic rings. The zero-order chi connectivity index (χ0) is 12.0. The Balaban J connectivity index is -0.0000000755. The van der Waals surface area contributed by atoms with E-state index in [-0.39, 0.29) is 20.4 Å². The van der Waals surface area contributed by atoms with Crippen molar-refractivity contribution in [1.29, 1.82) is 0 Å². The molecular formula is C9H5O5Re. The van der Waals surface area contributed by atoms with Gasteiger partial charge in [-0.3, -0.25) is 4.79 Å². The molecule has 0 unspecified atom stereocenters. The Bertz CT molecular complexity index is 176. The van der Waals surface area contributed by atoms with Crippen LogP contribution in [0.5, 0.6) is 0 Å². The van der Waals surface area contributed by atoms with Gasteiger partial charge in [-0.15, -0.1) is 0 Å². The molecule has 0 amide bonds. The van der Waals surface area contributed by atoms with Gasteiger partial charge in [0.1, 0.15) is 0 Å². The van der Waals surface area contributed by atoms with Crippen molar-refractivity contribution in [3.8, 4) is 0 Å². The zero-order valence-electron chi connectivity index (χ0n) is 7.27. The van der Waals surface area contributed by atoms with Gasteiger partial charge in [-0.05, 0) is 25.7 Å². The van der Waals surface area contributed by atoms with Gasteiger partial charge in [0.15, 0.2) is 0 Å². The van der Waals surface area contributed by atoms with Gasteiger partial charge in [-0.1, -0.05) is 0 Å². The summed E-state index contributed by atoms with van der Waals surface area (Å²) in [4.78, 5) is 10.1. The maximum atomic E-state index is 10.1. The van der Waals surface area contributed by atoms with Gasteiger partial charge >= 0.3 is 39.9 Å². The van der Waals surface area contributed by atoms with E-state index in [1.807, 2.05) is 0 Å². The summed E-state index contributed by atoms with van der Waals surface area (Å²) in [6, 6.07) is 0. The molecule has 0 heterocycles. The van der Waals surface area contributed by atoms with Gasteiger partial charge in [-0.2, -0.15) is 0 Å². The summed E-state index contributed by atoms with van der Waals surface area (Å²) in [5.74, 6) is -0.514. The van der Waals surface area contributed by atoms with Crippen LogP contribution in [0.3, 0.4) is 0 Å². The quantitative estimate of drug-likeness (QED) is 0.526. The molecule has 1 rings (SSSR count). The summed E-state index contributed by atoms with van der Waals surface area (Å²) in [5, 5.41) is 8.27. The van der Waals surface area contributed by atoms with E-state index in [4.69, 9.17) is 19.1 Å². The molecule has 0 atom stereocenters. The number of hydrogen-bond acceptors (Lipinski definition) is 1. The molecule has 1 aliphatic rings. The Morgan fingerprint density at radius 1 is 1.00 bits per heavy atom. The van der Waals surface area contributed by atoms with Gasteiger partial charge in [0.05, 0.1) is 5.92 Å². The third kappa shape index (κ3) is 16.1. The van der Waals surface area contributed by atoms with Crippen molar-refractivity contribution >= 4 is 5.97 Å². The van der Waals surface area contributed by atoms with Crippen LogP contribution >= 0.6 is 0 Å². The molecule has 0 saturated heterocycles. The van der Waals surface area contributed by atoms with Crippen LogP contribution < -0.4 is 0 Å². The fourth-order valence-corrected chi connectivity index (χ4v) is 0.517. The van der Waals surface area contributed by atoms with E-state index >= 15 is 0 Å². The summed E-state index contributed by atoms with van der Waals surface area (Å²) < 4.78 is 22.5. The maximum Gasteiger partial charge on any atom is 0 e. The first kappa shape index (κ1) is 23.9. The number of carboxylic acid groups (broad SMARTS) is 1. The molecule has 1 N–H and O–H groups in total. The number of rotatable bonds is 1. The number of hydrogen-bond donors (Lipinski definition) is 1. The van der Waals surface area contributed by atoms with Crippen LogP contribution in [-0.2, 0) is 39.2 Å². The molecule has 0 aromatic carbocycles. The molecule has 15 heavy (non-hydrogen) atoms. The Kier molecular flexibility index (Phi) is 37.1. The van der Waals surface area contributed by atoms with E-state index in [9.17, 15) is 4.79 Å². The summed E-state index contributed by atoms with van der Waals surface area (Å²) in [6.07, 6.45) is 6.51. The second-order valence-electron chi connectivity index (χ2n) is 1.48. The molecule has 5 nitrogen and oxygen atoms in total. The van der Waals surface area contributed by atoms with Gasteiger partial charge in [0.25, 0.3) is 0 Å². The number of aliphatic carboxylic acids is 1. The van der Waals surface area contributed by atoms with Crippen molar-refractivity contribution in [2.45, 2.75) is 0 Å². The van der Waals surface area contributed by atoms with Gasteiger partial charge in [0, 0.05) is 20.4 Å². The minimum atomic E-state index is -0.866. The molecule has 1 fully saturated rings.